The lowest BCUT2D eigenvalue weighted by Crippen LogP contribution is -3.00. The first-order valence-electron chi connectivity index (χ1n) is 32.9. The molecule has 8 bridgehead atoms. The van der Waals surface area contributed by atoms with Gasteiger partial charge in [0.1, 0.15) is 102 Å². The van der Waals surface area contributed by atoms with Gasteiger partial charge < -0.3 is 129 Å². The largest absolute Gasteiger partial charge is 1.00 e. The van der Waals surface area contributed by atoms with Crippen LogP contribution in [-0.2, 0) is 14.2 Å². The molecular formula is C75H92I3N7O7. The minimum atomic E-state index is 0. The second-order valence-electron chi connectivity index (χ2n) is 25.7. The van der Waals surface area contributed by atoms with Crippen molar-refractivity contribution in [3.05, 3.63) is 144 Å². The van der Waals surface area contributed by atoms with Crippen LogP contribution < -0.4 is 90.9 Å². The van der Waals surface area contributed by atoms with Crippen molar-refractivity contribution in [2.45, 2.75) is 58.3 Å². The topological polar surface area (TPSA) is 122 Å². The molecule has 0 saturated carbocycles. The number of hydrogen-bond acceptors (Lipinski definition) is 9. The molecule has 0 radical (unpaired) electrons. The molecule has 0 aliphatic carbocycles. The highest BCUT2D eigenvalue weighted by molar-refractivity contribution is 6.00. The summed E-state index contributed by atoms with van der Waals surface area (Å²) in [6.07, 6.45) is 18.7. The number of benzene rings is 4. The van der Waals surface area contributed by atoms with E-state index in [-0.39, 0.29) is 71.9 Å². The highest BCUT2D eigenvalue weighted by atomic mass is 127. The quantitative estimate of drug-likeness (QED) is 0.0416. The van der Waals surface area contributed by atoms with E-state index in [1.165, 1.54) is 44.9 Å². The summed E-state index contributed by atoms with van der Waals surface area (Å²) >= 11 is 0. The van der Waals surface area contributed by atoms with Crippen molar-refractivity contribution in [2.75, 3.05) is 146 Å². The van der Waals surface area contributed by atoms with Crippen LogP contribution in [0.5, 0.6) is 23.0 Å². The molecule has 0 atom stereocenters. The first kappa shape index (κ1) is 70.9. The van der Waals surface area contributed by atoms with Crippen LogP contribution in [0.3, 0.4) is 0 Å². The summed E-state index contributed by atoms with van der Waals surface area (Å²) in [6.45, 7) is 18.3. The molecule has 0 amide bonds. The number of hydrogen-bond donors (Lipinski definition) is 2. The summed E-state index contributed by atoms with van der Waals surface area (Å²) in [4.78, 5) is 19.1. The number of quaternary nitrogens is 3. The van der Waals surface area contributed by atoms with Crippen molar-refractivity contribution >= 4 is 46.4 Å². The summed E-state index contributed by atoms with van der Waals surface area (Å²) in [6, 6.07) is 42.8. The fourth-order valence-corrected chi connectivity index (χ4v) is 12.9. The van der Waals surface area contributed by atoms with E-state index in [9.17, 15) is 0 Å². The van der Waals surface area contributed by atoms with Crippen LogP contribution >= 0.6 is 0 Å². The van der Waals surface area contributed by atoms with Crippen LogP contribution in [0.4, 0.5) is 0 Å². The van der Waals surface area contributed by atoms with Gasteiger partial charge in [0, 0.05) is 44.3 Å². The van der Waals surface area contributed by atoms with Crippen molar-refractivity contribution in [1.82, 2.24) is 19.9 Å². The molecule has 5 aliphatic heterocycles. The lowest BCUT2D eigenvalue weighted by Gasteiger charge is -2.37. The second kappa shape index (κ2) is 33.8. The van der Waals surface area contributed by atoms with Gasteiger partial charge in [-0.15, -0.1) is 0 Å². The maximum Gasteiger partial charge on any atom is 0.137 e. The van der Waals surface area contributed by atoms with Gasteiger partial charge >= 0.3 is 0 Å². The van der Waals surface area contributed by atoms with E-state index in [1.807, 2.05) is 0 Å². The Kier molecular flexibility index (Phi) is 26.1. The predicted molar refractivity (Wildman–Crippen MR) is 360 cm³/mol. The number of likely N-dealkylation sites (N-methyl/N-ethyl adjacent to an activating group) is 3. The number of morpholine rings is 3. The lowest BCUT2D eigenvalue weighted by molar-refractivity contribution is -0.916. The van der Waals surface area contributed by atoms with Crippen LogP contribution in [0.1, 0.15) is 81.1 Å². The van der Waals surface area contributed by atoms with Crippen LogP contribution in [0.2, 0.25) is 0 Å². The van der Waals surface area contributed by atoms with E-state index in [0.29, 0.717) is 26.4 Å². The number of unbranched alkanes of at least 4 members (excludes halogenated alkanes) is 7. The Morgan fingerprint density at radius 1 is 0.337 bits per heavy atom. The second-order valence-corrected chi connectivity index (χ2v) is 25.7. The Balaban J connectivity index is 0.00000333. The number of aromatic nitrogens is 4. The summed E-state index contributed by atoms with van der Waals surface area (Å²) in [7, 11) is 6.89. The molecule has 8 heterocycles. The number of ether oxygens (including phenoxy) is 7. The molecule has 14 nitrogen and oxygen atoms in total. The maximum absolute atomic E-state index is 6.45. The zero-order valence-corrected chi connectivity index (χ0v) is 60.6. The van der Waals surface area contributed by atoms with Gasteiger partial charge in [-0.05, 0) is 126 Å². The number of rotatable bonds is 26. The molecule has 17 heteroatoms. The standard InChI is InChI=1S/C75H92N7O7.3HI/c1-5-6-7-8-9-10-11-12-46-86-60-21-13-56(14-22-60)72-64-29-31-66(76-64)73(57-15-23-61(24-16-57)87-53-43-80(2)37-47-83-48-38-80)68-33-35-70(78-68)75(59-19-27-63(28-20-59)89-55-45-82(4)41-51-85-52-42-82)71-36-34-69(79-71)74(67-32-30-65(72)77-67)58-17-25-62(26-18-58)88-54-44-81(3)39-49-84-50-40-81;;;/h13-36,76-77H,5-12,37-55H2,1-4H3;3*1H/q+3;;;/p-3. The summed E-state index contributed by atoms with van der Waals surface area (Å²) in [5.41, 5.74) is 15.0. The van der Waals surface area contributed by atoms with E-state index in [2.05, 4.69) is 184 Å². The summed E-state index contributed by atoms with van der Waals surface area (Å²) < 4.78 is 45.6. The number of H-pyrrole nitrogens is 2. The highest BCUT2D eigenvalue weighted by Crippen LogP contribution is 2.40. The van der Waals surface area contributed by atoms with E-state index in [4.69, 9.17) is 43.1 Å². The number of fused-ring (bicyclic) bond motifs is 8. The molecule has 7 aromatic rings. The molecule has 4 aromatic carbocycles. The van der Waals surface area contributed by atoms with Gasteiger partial charge in [0.25, 0.3) is 0 Å². The molecule has 3 saturated heterocycles. The van der Waals surface area contributed by atoms with Crippen LogP contribution in [0.15, 0.2) is 121 Å². The first-order valence-corrected chi connectivity index (χ1v) is 32.9. The zero-order chi connectivity index (χ0) is 60.9. The van der Waals surface area contributed by atoms with Crippen LogP contribution in [0, 0.1) is 0 Å². The fourth-order valence-electron chi connectivity index (χ4n) is 12.9. The molecule has 0 spiro atoms. The fraction of sp³-hybridized carbons (Fsp3) is 0.413. The maximum atomic E-state index is 6.45. The van der Waals surface area contributed by atoms with Gasteiger partial charge in [-0.2, -0.15) is 0 Å². The minimum Gasteiger partial charge on any atom is -1.00 e. The third kappa shape index (κ3) is 18.1. The first-order chi connectivity index (χ1) is 43.6. The Morgan fingerprint density at radius 3 is 0.946 bits per heavy atom. The average molecular weight is 1580 g/mol. The van der Waals surface area contributed by atoms with E-state index < -0.39 is 0 Å². The van der Waals surface area contributed by atoms with Crippen molar-refractivity contribution in [2.24, 2.45) is 0 Å². The number of nitrogens with one attached hydrogen (secondary N) is 2. The molecule has 5 aliphatic rings. The van der Waals surface area contributed by atoms with E-state index >= 15 is 0 Å². The third-order valence-electron chi connectivity index (χ3n) is 18.9. The zero-order valence-electron chi connectivity index (χ0n) is 54.2. The molecule has 0 unspecified atom stereocenters. The van der Waals surface area contributed by atoms with Crippen LogP contribution in [0.25, 0.3) is 90.9 Å². The smallest absolute Gasteiger partial charge is 0.137 e. The molecule has 12 rings (SSSR count). The van der Waals surface area contributed by atoms with Gasteiger partial charge in [-0.3, -0.25) is 0 Å². The monoisotopic (exact) mass is 1580 g/mol. The SMILES string of the molecule is CCCCCCCCCCOc1ccc(-c2c3ccc([nH]3)c(-c3ccc(OCC[N+]4(C)CCOCC4)cc3)c3nc(c(-c4ccc(OCC[N+]5(C)CCOCC5)cc4)c4nc(c(-c5ccc(OCC[N+]6(C)CCOCC6)cc5)c5ccc2[nH]5)C=C4)C=C3)cc1.[I-].[I-].[I-]. The van der Waals surface area contributed by atoms with Gasteiger partial charge in [0.2, 0.25) is 0 Å². The van der Waals surface area contributed by atoms with E-state index in [1.54, 1.807) is 0 Å². The normalized spacial score (nSPS) is 16.2. The van der Waals surface area contributed by atoms with Crippen molar-refractivity contribution in [3.63, 3.8) is 0 Å². The van der Waals surface area contributed by atoms with Gasteiger partial charge in [-0.25, -0.2) is 9.97 Å². The van der Waals surface area contributed by atoms with Crippen molar-refractivity contribution in [3.8, 4) is 67.5 Å². The van der Waals surface area contributed by atoms with Gasteiger partial charge in [-0.1, -0.05) is 100 Å². The van der Waals surface area contributed by atoms with E-state index in [0.717, 1.165) is 231 Å². The molecule has 2 N–H and O–H groups in total. The molecule has 3 fully saturated rings. The Bertz CT molecular complexity index is 3550. The van der Waals surface area contributed by atoms with Crippen molar-refractivity contribution < 1.29 is 119 Å². The number of aromatic amines is 2. The number of nitrogens with zero attached hydrogens (tertiary/aromatic N) is 5. The Hall–Kier alpha value is -5.37. The van der Waals surface area contributed by atoms with Gasteiger partial charge in [0.15, 0.2) is 0 Å². The molecule has 92 heavy (non-hydrogen) atoms. The minimum absolute atomic E-state index is 0. The number of halogens is 3. The van der Waals surface area contributed by atoms with Crippen LogP contribution in [-0.4, -0.2) is 179 Å². The highest BCUT2D eigenvalue weighted by Gasteiger charge is 2.28. The molecule has 3 aromatic heterocycles. The third-order valence-corrected chi connectivity index (χ3v) is 18.9. The van der Waals surface area contributed by atoms with Crippen molar-refractivity contribution in [1.29, 1.82) is 0 Å². The summed E-state index contributed by atoms with van der Waals surface area (Å²) in [5, 5.41) is 0. The van der Waals surface area contributed by atoms with Gasteiger partial charge in [0.05, 0.1) is 90.2 Å². The Morgan fingerprint density at radius 2 is 0.609 bits per heavy atom. The molecule has 490 valence electrons. The average Bonchev–Trinajstić information content (AvgIpc) is 1.62. The summed E-state index contributed by atoms with van der Waals surface area (Å²) in [5.74, 6) is 3.37. The Labute approximate surface area is 595 Å². The molecular weight excluding hydrogens is 1490 g/mol. The predicted octanol–water partition coefficient (Wildman–Crippen LogP) is 5.42. The lowest BCUT2D eigenvalue weighted by atomic mass is 10.0.